The van der Waals surface area contributed by atoms with Gasteiger partial charge in [-0.15, -0.1) is 0 Å². The van der Waals surface area contributed by atoms with Crippen molar-refractivity contribution in [2.75, 3.05) is 28.3 Å². The highest BCUT2D eigenvalue weighted by molar-refractivity contribution is 7.83. The molecule has 0 heterocycles. The molecule has 0 bridgehead atoms. The Bertz CT molecular complexity index is 969. The molecule has 0 radical (unpaired) electrons. The van der Waals surface area contributed by atoms with Crippen molar-refractivity contribution in [3.05, 3.63) is 77.2 Å². The van der Waals surface area contributed by atoms with Gasteiger partial charge in [0.2, 0.25) is 0 Å². The molecular formula is C22H29N2O5PS. The van der Waals surface area contributed by atoms with Crippen LogP contribution in [-0.2, 0) is 29.4 Å². The molecule has 2 aromatic carbocycles. The van der Waals surface area contributed by atoms with Crippen LogP contribution < -0.4 is 4.72 Å². The standard InChI is InChI=1S/C22H29N2O5PS/c1-17-11-13-19(14-12-17)31(27)23-20(18-9-7-6-8-10-18)15-21(25)22(16-24(2)3)30(26,28-4)29-5/h6-14,16,20,23H,15H2,1-5H3/b22-16+/t20-,31+/m1/s1. The predicted octanol–water partition coefficient (Wildman–Crippen LogP) is 4.20. The smallest absolute Gasteiger partial charge is 0.365 e. The molecule has 0 saturated heterocycles. The molecule has 0 fully saturated rings. The largest absolute Gasteiger partial charge is 0.383 e. The Balaban J connectivity index is 2.36. The number of carbonyl (C=O) groups excluding carboxylic acids is 1. The Morgan fingerprint density at radius 3 is 2.19 bits per heavy atom. The quantitative estimate of drug-likeness (QED) is 0.396. The molecule has 31 heavy (non-hydrogen) atoms. The topological polar surface area (TPSA) is 84.9 Å². The number of Topliss-reactive ketones (excluding diaryl/α,β-unsaturated/α-hetero) is 1. The first kappa shape index (κ1) is 25.2. The number of carbonyl (C=O) groups is 1. The first-order valence-electron chi connectivity index (χ1n) is 9.63. The highest BCUT2D eigenvalue weighted by atomic mass is 32.2. The molecule has 0 spiro atoms. The van der Waals surface area contributed by atoms with E-state index in [2.05, 4.69) is 4.72 Å². The molecule has 0 saturated carbocycles. The van der Waals surface area contributed by atoms with E-state index in [0.717, 1.165) is 11.1 Å². The van der Waals surface area contributed by atoms with E-state index >= 15 is 0 Å². The van der Waals surface area contributed by atoms with Gasteiger partial charge in [0.25, 0.3) is 0 Å². The van der Waals surface area contributed by atoms with E-state index in [1.165, 1.54) is 20.4 Å². The number of nitrogens with one attached hydrogen (secondary N) is 1. The van der Waals surface area contributed by atoms with Gasteiger partial charge in [0.05, 0.1) is 10.9 Å². The van der Waals surface area contributed by atoms with E-state index < -0.39 is 30.4 Å². The Hall–Kier alpha value is -2.09. The molecule has 2 rings (SSSR count). The normalized spacial score (nSPS) is 14.2. The lowest BCUT2D eigenvalue weighted by Gasteiger charge is -2.22. The number of ketones is 1. The summed E-state index contributed by atoms with van der Waals surface area (Å²) >= 11 is 0. The molecule has 9 heteroatoms. The van der Waals surface area contributed by atoms with Gasteiger partial charge >= 0.3 is 7.60 Å². The van der Waals surface area contributed by atoms with Crippen LogP contribution in [0.25, 0.3) is 0 Å². The summed E-state index contributed by atoms with van der Waals surface area (Å²) in [5, 5.41) is -0.0636. The predicted molar refractivity (Wildman–Crippen MR) is 123 cm³/mol. The number of nitrogens with zero attached hydrogens (tertiary/aromatic N) is 1. The monoisotopic (exact) mass is 464 g/mol. The first-order valence-corrected chi connectivity index (χ1v) is 12.3. The zero-order valence-corrected chi connectivity index (χ0v) is 20.1. The molecule has 168 valence electrons. The van der Waals surface area contributed by atoms with Gasteiger partial charge in [-0.3, -0.25) is 9.36 Å². The van der Waals surface area contributed by atoms with Crippen LogP contribution in [0.4, 0.5) is 0 Å². The maximum absolute atomic E-state index is 13.2. The van der Waals surface area contributed by atoms with Gasteiger partial charge in [-0.25, -0.2) is 8.93 Å². The summed E-state index contributed by atoms with van der Waals surface area (Å²) in [6.45, 7) is 1.95. The van der Waals surface area contributed by atoms with Gasteiger partial charge in [-0.2, -0.15) is 0 Å². The van der Waals surface area contributed by atoms with Crippen molar-refractivity contribution in [1.82, 2.24) is 9.62 Å². The average molecular weight is 465 g/mol. The lowest BCUT2D eigenvalue weighted by molar-refractivity contribution is -0.115. The summed E-state index contributed by atoms with van der Waals surface area (Å²) in [6, 6.07) is 16.0. The second kappa shape index (κ2) is 11.5. The minimum absolute atomic E-state index is 0.0636. The fourth-order valence-electron chi connectivity index (χ4n) is 2.87. The van der Waals surface area contributed by atoms with Crippen molar-refractivity contribution in [2.45, 2.75) is 24.3 Å². The molecule has 0 aliphatic rings. The third-order valence-corrected chi connectivity index (χ3v) is 7.63. The fourth-order valence-corrected chi connectivity index (χ4v) is 5.18. The molecule has 0 unspecified atom stereocenters. The van der Waals surface area contributed by atoms with Gasteiger partial charge in [-0.05, 0) is 24.6 Å². The molecule has 0 aliphatic heterocycles. The van der Waals surface area contributed by atoms with Crippen molar-refractivity contribution < 1.29 is 22.6 Å². The van der Waals surface area contributed by atoms with Crippen molar-refractivity contribution >= 4 is 24.4 Å². The summed E-state index contributed by atoms with van der Waals surface area (Å²) in [4.78, 5) is 15.4. The number of hydrogen-bond donors (Lipinski definition) is 1. The summed E-state index contributed by atoms with van der Waals surface area (Å²) in [6.07, 6.45) is 1.35. The van der Waals surface area contributed by atoms with Crippen LogP contribution in [0.3, 0.4) is 0 Å². The van der Waals surface area contributed by atoms with Crippen LogP contribution in [0.15, 0.2) is 71.0 Å². The third-order valence-electron chi connectivity index (χ3n) is 4.52. The van der Waals surface area contributed by atoms with Crippen molar-refractivity contribution in [1.29, 1.82) is 0 Å². The van der Waals surface area contributed by atoms with E-state index in [4.69, 9.17) is 9.05 Å². The molecule has 2 aromatic rings. The Morgan fingerprint density at radius 2 is 1.68 bits per heavy atom. The lowest BCUT2D eigenvalue weighted by atomic mass is 10.0. The molecule has 1 N–H and O–H groups in total. The zero-order chi connectivity index (χ0) is 23.0. The summed E-state index contributed by atoms with van der Waals surface area (Å²) in [5.74, 6) is -0.428. The number of rotatable bonds is 11. The lowest BCUT2D eigenvalue weighted by Crippen LogP contribution is -2.27. The molecule has 7 nitrogen and oxygen atoms in total. The Morgan fingerprint density at radius 1 is 1.10 bits per heavy atom. The van der Waals surface area contributed by atoms with E-state index in [0.29, 0.717) is 4.90 Å². The average Bonchev–Trinajstić information content (AvgIpc) is 2.77. The number of aryl methyl sites for hydroxylation is 1. The Labute approximate surface area is 186 Å². The second-order valence-electron chi connectivity index (χ2n) is 7.13. The van der Waals surface area contributed by atoms with Gasteiger partial charge < -0.3 is 13.9 Å². The van der Waals surface area contributed by atoms with E-state index in [-0.39, 0.29) is 11.7 Å². The van der Waals surface area contributed by atoms with Crippen molar-refractivity contribution in [2.24, 2.45) is 0 Å². The summed E-state index contributed by atoms with van der Waals surface area (Å²) < 4.78 is 39.1. The third kappa shape index (κ3) is 6.95. The molecule has 0 aliphatic carbocycles. The maximum Gasteiger partial charge on any atom is 0.365 e. The number of hydrogen-bond acceptors (Lipinski definition) is 6. The minimum Gasteiger partial charge on any atom is -0.383 e. The van der Waals surface area contributed by atoms with E-state index in [1.807, 2.05) is 49.4 Å². The highest BCUT2D eigenvalue weighted by Crippen LogP contribution is 2.55. The maximum atomic E-state index is 13.2. The van der Waals surface area contributed by atoms with Gasteiger partial charge in [-0.1, -0.05) is 48.0 Å². The van der Waals surface area contributed by atoms with Crippen LogP contribution >= 0.6 is 7.60 Å². The number of allylic oxidation sites excluding steroid dienone is 1. The van der Waals surface area contributed by atoms with Gasteiger partial charge in [0.15, 0.2) is 5.78 Å². The van der Waals surface area contributed by atoms with E-state index in [1.54, 1.807) is 31.1 Å². The van der Waals surface area contributed by atoms with Gasteiger partial charge in [0.1, 0.15) is 16.3 Å². The van der Waals surface area contributed by atoms with Crippen LogP contribution in [0, 0.1) is 6.92 Å². The van der Waals surface area contributed by atoms with Crippen LogP contribution in [-0.4, -0.2) is 43.2 Å². The van der Waals surface area contributed by atoms with E-state index in [9.17, 15) is 13.6 Å². The number of benzene rings is 2. The molecule has 0 amide bonds. The second-order valence-corrected chi connectivity index (χ2v) is 10.6. The summed E-state index contributed by atoms with van der Waals surface area (Å²) in [7, 11) is 0.563. The fraction of sp³-hybridized carbons (Fsp3) is 0.318. The minimum atomic E-state index is -3.78. The van der Waals surface area contributed by atoms with Crippen LogP contribution in [0.1, 0.15) is 23.6 Å². The molecule has 0 aromatic heterocycles. The SMILES string of the molecule is COP(=O)(OC)/C(=C/N(C)C)C(=O)C[C@@H](N[S@@](=O)c1ccc(C)cc1)c1ccccc1. The van der Waals surface area contributed by atoms with Gasteiger partial charge in [0, 0.05) is 40.9 Å². The highest BCUT2D eigenvalue weighted by Gasteiger charge is 2.35. The molecular weight excluding hydrogens is 435 g/mol. The van der Waals surface area contributed by atoms with Crippen LogP contribution in [0.5, 0.6) is 0 Å². The zero-order valence-electron chi connectivity index (χ0n) is 18.4. The summed E-state index contributed by atoms with van der Waals surface area (Å²) in [5.41, 5.74) is 1.84. The van der Waals surface area contributed by atoms with Crippen molar-refractivity contribution in [3.63, 3.8) is 0 Å². The first-order chi connectivity index (χ1) is 14.7. The van der Waals surface area contributed by atoms with Crippen molar-refractivity contribution in [3.8, 4) is 0 Å². The van der Waals surface area contributed by atoms with Crippen LogP contribution in [0.2, 0.25) is 0 Å². The molecule has 2 atom stereocenters. The Kier molecular flexibility index (Phi) is 9.34.